The van der Waals surface area contributed by atoms with Crippen LogP contribution in [0.1, 0.15) is 34.7 Å². The summed E-state index contributed by atoms with van der Waals surface area (Å²) >= 11 is 1.31. The van der Waals surface area contributed by atoms with Gasteiger partial charge in [-0.25, -0.2) is 4.37 Å². The van der Waals surface area contributed by atoms with Gasteiger partial charge in [-0.1, -0.05) is 12.1 Å². The number of aromatic nitrogens is 1. The molecule has 104 valence electrons. The van der Waals surface area contributed by atoms with Crippen molar-refractivity contribution in [3.63, 3.8) is 0 Å². The normalized spacial score (nSPS) is 16.3. The van der Waals surface area contributed by atoms with E-state index in [0.717, 1.165) is 31.5 Å². The number of phenols is 1. The molecule has 0 spiro atoms. The van der Waals surface area contributed by atoms with Crippen LogP contribution in [0.3, 0.4) is 0 Å². The maximum absolute atomic E-state index is 12.2. The molecule has 0 unspecified atom stereocenters. The lowest BCUT2D eigenvalue weighted by Gasteiger charge is -2.32. The SMILES string of the molecule is O=C(c1cnsc1)N1CCC(c2cccc(O)c2)CC1. The number of nitrogens with zero attached hydrogens (tertiary/aromatic N) is 2. The molecule has 2 heterocycles. The Morgan fingerprint density at radius 2 is 2.15 bits per heavy atom. The number of phenolic OH excluding ortho intramolecular Hbond substituents is 1. The Morgan fingerprint density at radius 3 is 2.80 bits per heavy atom. The first-order valence-corrected chi connectivity index (χ1v) is 7.55. The first-order chi connectivity index (χ1) is 9.74. The van der Waals surface area contributed by atoms with E-state index in [-0.39, 0.29) is 5.91 Å². The molecule has 0 radical (unpaired) electrons. The molecular weight excluding hydrogens is 272 g/mol. The fraction of sp³-hybridized carbons (Fsp3) is 0.333. The van der Waals surface area contributed by atoms with Crippen molar-refractivity contribution in [3.05, 3.63) is 47.0 Å². The zero-order valence-electron chi connectivity index (χ0n) is 11.0. The Kier molecular flexibility index (Phi) is 3.69. The van der Waals surface area contributed by atoms with Gasteiger partial charge < -0.3 is 10.0 Å². The van der Waals surface area contributed by atoms with Crippen LogP contribution < -0.4 is 0 Å². The summed E-state index contributed by atoms with van der Waals surface area (Å²) in [6, 6.07) is 7.43. The highest BCUT2D eigenvalue weighted by Gasteiger charge is 2.25. The van der Waals surface area contributed by atoms with Gasteiger partial charge in [-0.15, -0.1) is 0 Å². The Balaban J connectivity index is 1.64. The molecule has 2 aromatic rings. The number of piperidine rings is 1. The summed E-state index contributed by atoms with van der Waals surface area (Å²) in [7, 11) is 0. The summed E-state index contributed by atoms with van der Waals surface area (Å²) in [5.41, 5.74) is 1.85. The minimum Gasteiger partial charge on any atom is -0.508 e. The van der Waals surface area contributed by atoms with Crippen LogP contribution in [0, 0.1) is 0 Å². The zero-order valence-corrected chi connectivity index (χ0v) is 11.8. The summed E-state index contributed by atoms with van der Waals surface area (Å²) in [4.78, 5) is 14.1. The third kappa shape index (κ3) is 2.67. The van der Waals surface area contributed by atoms with E-state index in [0.29, 0.717) is 17.2 Å². The van der Waals surface area contributed by atoms with Crippen molar-refractivity contribution in [2.24, 2.45) is 0 Å². The molecule has 3 rings (SSSR count). The minimum absolute atomic E-state index is 0.0770. The van der Waals surface area contributed by atoms with Gasteiger partial charge in [0.2, 0.25) is 0 Å². The van der Waals surface area contributed by atoms with Crippen molar-refractivity contribution in [3.8, 4) is 5.75 Å². The first-order valence-electron chi connectivity index (χ1n) is 6.71. The molecule has 1 aromatic heterocycles. The van der Waals surface area contributed by atoms with Crippen LogP contribution in [0.25, 0.3) is 0 Å². The Bertz CT molecular complexity index is 590. The van der Waals surface area contributed by atoms with Gasteiger partial charge in [0.05, 0.1) is 11.8 Å². The first kappa shape index (κ1) is 13.1. The molecule has 0 saturated carbocycles. The number of aromatic hydroxyl groups is 1. The van der Waals surface area contributed by atoms with Crippen LogP contribution >= 0.6 is 11.5 Å². The molecule has 1 saturated heterocycles. The van der Waals surface area contributed by atoms with Gasteiger partial charge in [-0.05, 0) is 48.0 Å². The number of likely N-dealkylation sites (tertiary alicyclic amines) is 1. The summed E-state index contributed by atoms with van der Waals surface area (Å²) in [5, 5.41) is 11.3. The zero-order chi connectivity index (χ0) is 13.9. The predicted octanol–water partition coefficient (Wildman–Crippen LogP) is 2.87. The highest BCUT2D eigenvalue weighted by molar-refractivity contribution is 7.03. The van der Waals surface area contributed by atoms with E-state index in [1.54, 1.807) is 17.6 Å². The quantitative estimate of drug-likeness (QED) is 0.924. The molecule has 0 bridgehead atoms. The smallest absolute Gasteiger partial charge is 0.256 e. The van der Waals surface area contributed by atoms with E-state index in [4.69, 9.17) is 0 Å². The van der Waals surface area contributed by atoms with Crippen LogP contribution in [0.15, 0.2) is 35.8 Å². The molecule has 0 atom stereocenters. The van der Waals surface area contributed by atoms with Gasteiger partial charge in [-0.3, -0.25) is 4.79 Å². The van der Waals surface area contributed by atoms with Gasteiger partial charge in [-0.2, -0.15) is 0 Å². The average Bonchev–Trinajstić information content (AvgIpc) is 3.01. The van der Waals surface area contributed by atoms with E-state index in [1.165, 1.54) is 11.5 Å². The molecule has 5 heteroatoms. The van der Waals surface area contributed by atoms with Crippen molar-refractivity contribution in [1.29, 1.82) is 0 Å². The Hall–Kier alpha value is -1.88. The molecule has 1 fully saturated rings. The van der Waals surface area contributed by atoms with Crippen molar-refractivity contribution < 1.29 is 9.90 Å². The molecule has 1 aliphatic heterocycles. The summed E-state index contributed by atoms with van der Waals surface area (Å²) in [6.45, 7) is 1.52. The van der Waals surface area contributed by atoms with Gasteiger partial charge in [0.15, 0.2) is 0 Å². The average molecular weight is 288 g/mol. The predicted molar refractivity (Wildman–Crippen MR) is 78.1 cm³/mol. The largest absolute Gasteiger partial charge is 0.508 e. The molecule has 0 aliphatic carbocycles. The van der Waals surface area contributed by atoms with Crippen LogP contribution in [-0.2, 0) is 0 Å². The monoisotopic (exact) mass is 288 g/mol. The third-order valence-electron chi connectivity index (χ3n) is 3.80. The second-order valence-electron chi connectivity index (χ2n) is 5.07. The van der Waals surface area contributed by atoms with Crippen molar-refractivity contribution in [1.82, 2.24) is 9.27 Å². The van der Waals surface area contributed by atoms with E-state index >= 15 is 0 Å². The standard InChI is InChI=1S/C15H16N2O2S/c18-14-3-1-2-12(8-14)11-4-6-17(7-5-11)15(19)13-9-16-20-10-13/h1-3,8-11,18H,4-7H2. The van der Waals surface area contributed by atoms with Crippen LogP contribution in [0.4, 0.5) is 0 Å². The van der Waals surface area contributed by atoms with E-state index in [9.17, 15) is 9.90 Å². The number of amides is 1. The minimum atomic E-state index is 0.0770. The molecule has 20 heavy (non-hydrogen) atoms. The number of hydrogen-bond donors (Lipinski definition) is 1. The van der Waals surface area contributed by atoms with E-state index in [1.807, 2.05) is 23.1 Å². The Labute approximate surface area is 121 Å². The fourth-order valence-corrected chi connectivity index (χ4v) is 3.20. The van der Waals surface area contributed by atoms with Crippen LogP contribution in [0.5, 0.6) is 5.75 Å². The highest BCUT2D eigenvalue weighted by atomic mass is 32.1. The molecular formula is C15H16N2O2S. The highest BCUT2D eigenvalue weighted by Crippen LogP contribution is 2.30. The molecule has 1 aliphatic rings. The lowest BCUT2D eigenvalue weighted by Crippen LogP contribution is -2.37. The van der Waals surface area contributed by atoms with Gasteiger partial charge >= 0.3 is 0 Å². The fourth-order valence-electron chi connectivity index (χ4n) is 2.69. The maximum atomic E-state index is 12.2. The molecule has 1 aromatic carbocycles. The second-order valence-corrected chi connectivity index (χ2v) is 5.73. The Morgan fingerprint density at radius 1 is 1.35 bits per heavy atom. The lowest BCUT2D eigenvalue weighted by molar-refractivity contribution is 0.0713. The summed E-state index contributed by atoms with van der Waals surface area (Å²) in [5.74, 6) is 0.810. The van der Waals surface area contributed by atoms with Gasteiger partial charge in [0.25, 0.3) is 5.91 Å². The summed E-state index contributed by atoms with van der Waals surface area (Å²) in [6.07, 6.45) is 3.51. The summed E-state index contributed by atoms with van der Waals surface area (Å²) < 4.78 is 3.98. The van der Waals surface area contributed by atoms with Gasteiger partial charge in [0.1, 0.15) is 5.75 Å². The van der Waals surface area contributed by atoms with Crippen molar-refractivity contribution in [2.45, 2.75) is 18.8 Å². The maximum Gasteiger partial charge on any atom is 0.256 e. The van der Waals surface area contributed by atoms with Crippen LogP contribution in [-0.4, -0.2) is 33.4 Å². The molecule has 1 amide bonds. The molecule has 1 N–H and O–H groups in total. The number of carbonyl (C=O) groups is 1. The van der Waals surface area contributed by atoms with Crippen LogP contribution in [0.2, 0.25) is 0 Å². The number of benzene rings is 1. The lowest BCUT2D eigenvalue weighted by atomic mass is 9.89. The van der Waals surface area contributed by atoms with Crippen molar-refractivity contribution in [2.75, 3.05) is 13.1 Å². The molecule has 4 nitrogen and oxygen atoms in total. The number of rotatable bonds is 2. The van der Waals surface area contributed by atoms with E-state index < -0.39 is 0 Å². The van der Waals surface area contributed by atoms with E-state index in [2.05, 4.69) is 4.37 Å². The second kappa shape index (κ2) is 5.63. The topological polar surface area (TPSA) is 53.4 Å². The third-order valence-corrected chi connectivity index (χ3v) is 4.39. The van der Waals surface area contributed by atoms with Gasteiger partial charge in [0, 0.05) is 18.5 Å². The number of carbonyl (C=O) groups excluding carboxylic acids is 1. The van der Waals surface area contributed by atoms with Crippen molar-refractivity contribution >= 4 is 17.4 Å². The number of hydrogen-bond acceptors (Lipinski definition) is 4.